The molecule has 1 aliphatic rings. The molecule has 0 aliphatic heterocycles. The summed E-state index contributed by atoms with van der Waals surface area (Å²) in [6.45, 7) is 2.85. The van der Waals surface area contributed by atoms with E-state index in [-0.39, 0.29) is 0 Å². The molecule has 20 heavy (non-hydrogen) atoms. The molecule has 0 amide bonds. The lowest BCUT2D eigenvalue weighted by Gasteiger charge is -2.26. The molecule has 0 unspecified atom stereocenters. The summed E-state index contributed by atoms with van der Waals surface area (Å²) >= 11 is 0. The van der Waals surface area contributed by atoms with Crippen LogP contribution in [0.4, 0.5) is 0 Å². The van der Waals surface area contributed by atoms with Crippen molar-refractivity contribution in [1.82, 2.24) is 4.90 Å². The Hall–Kier alpha value is -1.53. The fourth-order valence-electron chi connectivity index (χ4n) is 2.85. The number of likely N-dealkylation sites (N-methyl/N-ethyl adjacent to an activating group) is 1. The van der Waals surface area contributed by atoms with Crippen molar-refractivity contribution < 1.29 is 4.74 Å². The SMILES string of the molecule is CN(CCOc1ccc(C#N)cc1)CC1CCCCC1. The third-order valence-electron chi connectivity index (χ3n) is 4.02. The molecule has 1 saturated carbocycles. The Bertz CT molecular complexity index is 429. The molecule has 3 nitrogen and oxygen atoms in total. The van der Waals surface area contributed by atoms with Crippen LogP contribution in [0.25, 0.3) is 0 Å². The van der Waals surface area contributed by atoms with Crippen molar-refractivity contribution in [3.8, 4) is 11.8 Å². The van der Waals surface area contributed by atoms with Gasteiger partial charge in [-0.1, -0.05) is 19.3 Å². The largest absolute Gasteiger partial charge is 0.492 e. The van der Waals surface area contributed by atoms with Gasteiger partial charge in [0.2, 0.25) is 0 Å². The first-order valence-corrected chi connectivity index (χ1v) is 7.59. The Morgan fingerprint density at radius 1 is 1.20 bits per heavy atom. The minimum absolute atomic E-state index is 0.673. The van der Waals surface area contributed by atoms with Crippen molar-refractivity contribution in [2.24, 2.45) is 5.92 Å². The summed E-state index contributed by atoms with van der Waals surface area (Å²) < 4.78 is 5.71. The maximum absolute atomic E-state index is 8.74. The molecule has 0 spiro atoms. The smallest absolute Gasteiger partial charge is 0.119 e. The number of hydrogen-bond acceptors (Lipinski definition) is 3. The maximum atomic E-state index is 8.74. The second kappa shape index (κ2) is 7.91. The van der Waals surface area contributed by atoms with Crippen LogP contribution in [0.1, 0.15) is 37.7 Å². The Balaban J connectivity index is 1.65. The molecule has 0 heterocycles. The summed E-state index contributed by atoms with van der Waals surface area (Å²) in [7, 11) is 2.18. The van der Waals surface area contributed by atoms with E-state index in [1.54, 1.807) is 12.1 Å². The van der Waals surface area contributed by atoms with E-state index < -0.39 is 0 Å². The number of hydrogen-bond donors (Lipinski definition) is 0. The van der Waals surface area contributed by atoms with Crippen LogP contribution in [0, 0.1) is 17.2 Å². The average Bonchev–Trinajstić information content (AvgIpc) is 2.49. The fourth-order valence-corrected chi connectivity index (χ4v) is 2.85. The van der Waals surface area contributed by atoms with Crippen molar-refractivity contribution in [3.05, 3.63) is 29.8 Å². The zero-order valence-corrected chi connectivity index (χ0v) is 12.3. The summed E-state index contributed by atoms with van der Waals surface area (Å²) in [6.07, 6.45) is 7.00. The van der Waals surface area contributed by atoms with Crippen molar-refractivity contribution in [2.75, 3.05) is 26.7 Å². The Kier molecular flexibility index (Phi) is 5.88. The number of benzene rings is 1. The van der Waals surface area contributed by atoms with Gasteiger partial charge < -0.3 is 9.64 Å². The molecular formula is C17H24N2O. The first-order valence-electron chi connectivity index (χ1n) is 7.59. The third-order valence-corrected chi connectivity index (χ3v) is 4.02. The van der Waals surface area contributed by atoms with E-state index in [9.17, 15) is 0 Å². The first-order chi connectivity index (χ1) is 9.78. The molecule has 0 saturated heterocycles. The molecule has 108 valence electrons. The number of ether oxygens (including phenoxy) is 1. The van der Waals surface area contributed by atoms with Crippen molar-refractivity contribution >= 4 is 0 Å². The molecule has 0 N–H and O–H groups in total. The summed E-state index contributed by atoms with van der Waals surface area (Å²) in [5.41, 5.74) is 0.673. The van der Waals surface area contributed by atoms with Crippen molar-refractivity contribution in [2.45, 2.75) is 32.1 Å². The molecule has 0 atom stereocenters. The van der Waals surface area contributed by atoms with Crippen LogP contribution in [0.2, 0.25) is 0 Å². The summed E-state index contributed by atoms with van der Waals surface area (Å²) in [4.78, 5) is 2.37. The highest BCUT2D eigenvalue weighted by atomic mass is 16.5. The number of nitriles is 1. The van der Waals surface area contributed by atoms with Gasteiger partial charge in [0.1, 0.15) is 12.4 Å². The molecule has 2 rings (SSSR count). The van der Waals surface area contributed by atoms with E-state index in [1.807, 2.05) is 12.1 Å². The van der Waals surface area contributed by atoms with Crippen LogP contribution in [0.3, 0.4) is 0 Å². The van der Waals surface area contributed by atoms with Gasteiger partial charge in [0.15, 0.2) is 0 Å². The van der Waals surface area contributed by atoms with Gasteiger partial charge in [0.25, 0.3) is 0 Å². The topological polar surface area (TPSA) is 36.3 Å². The molecule has 0 aromatic heterocycles. The van der Waals surface area contributed by atoms with E-state index in [0.717, 1.165) is 18.2 Å². The lowest BCUT2D eigenvalue weighted by Crippen LogP contribution is -2.30. The van der Waals surface area contributed by atoms with Crippen LogP contribution in [-0.4, -0.2) is 31.6 Å². The third kappa shape index (κ3) is 4.86. The van der Waals surface area contributed by atoms with Gasteiger partial charge >= 0.3 is 0 Å². The van der Waals surface area contributed by atoms with Crippen LogP contribution >= 0.6 is 0 Å². The molecule has 1 aromatic carbocycles. The zero-order chi connectivity index (χ0) is 14.2. The fraction of sp³-hybridized carbons (Fsp3) is 0.588. The monoisotopic (exact) mass is 272 g/mol. The highest BCUT2D eigenvalue weighted by molar-refractivity contribution is 5.34. The lowest BCUT2D eigenvalue weighted by molar-refractivity contribution is 0.195. The normalized spacial score (nSPS) is 16.1. The maximum Gasteiger partial charge on any atom is 0.119 e. The van der Waals surface area contributed by atoms with E-state index in [4.69, 9.17) is 10.00 Å². The van der Waals surface area contributed by atoms with Crippen LogP contribution < -0.4 is 4.74 Å². The van der Waals surface area contributed by atoms with Gasteiger partial charge in [-0.15, -0.1) is 0 Å². The van der Waals surface area contributed by atoms with Crippen LogP contribution in [-0.2, 0) is 0 Å². The van der Waals surface area contributed by atoms with Crippen LogP contribution in [0.5, 0.6) is 5.75 Å². The number of rotatable bonds is 6. The summed E-state index contributed by atoms with van der Waals surface area (Å²) in [5.74, 6) is 1.72. The highest BCUT2D eigenvalue weighted by Gasteiger charge is 2.15. The van der Waals surface area contributed by atoms with E-state index in [2.05, 4.69) is 18.0 Å². The summed E-state index contributed by atoms with van der Waals surface area (Å²) in [6, 6.07) is 9.42. The van der Waals surface area contributed by atoms with Gasteiger partial charge in [-0.25, -0.2) is 0 Å². The lowest BCUT2D eigenvalue weighted by atomic mass is 9.89. The van der Waals surface area contributed by atoms with Crippen molar-refractivity contribution in [1.29, 1.82) is 5.26 Å². The molecule has 1 aliphatic carbocycles. The van der Waals surface area contributed by atoms with E-state index >= 15 is 0 Å². The first kappa shape index (κ1) is 14.9. The highest BCUT2D eigenvalue weighted by Crippen LogP contribution is 2.24. The Labute approximate surface area is 122 Å². The molecular weight excluding hydrogens is 248 g/mol. The van der Waals surface area contributed by atoms with Crippen LogP contribution in [0.15, 0.2) is 24.3 Å². The molecule has 0 radical (unpaired) electrons. The summed E-state index contributed by atoms with van der Waals surface area (Å²) in [5, 5.41) is 8.74. The quantitative estimate of drug-likeness (QED) is 0.796. The van der Waals surface area contributed by atoms with Gasteiger partial charge in [-0.2, -0.15) is 5.26 Å². The standard InChI is InChI=1S/C17H24N2O/c1-19(14-16-5-3-2-4-6-16)11-12-20-17-9-7-15(13-18)8-10-17/h7-10,16H,2-6,11-12,14H2,1H3. The molecule has 1 fully saturated rings. The second-order valence-electron chi connectivity index (χ2n) is 5.75. The predicted octanol–water partition coefficient (Wildman–Crippen LogP) is 3.45. The Morgan fingerprint density at radius 3 is 2.55 bits per heavy atom. The van der Waals surface area contributed by atoms with Gasteiger partial charge in [-0.05, 0) is 50.1 Å². The minimum Gasteiger partial charge on any atom is -0.492 e. The van der Waals surface area contributed by atoms with Crippen molar-refractivity contribution in [3.63, 3.8) is 0 Å². The van der Waals surface area contributed by atoms with Gasteiger partial charge in [0.05, 0.1) is 11.6 Å². The number of nitrogens with zero attached hydrogens (tertiary/aromatic N) is 2. The van der Waals surface area contributed by atoms with E-state index in [0.29, 0.717) is 12.2 Å². The molecule has 1 aromatic rings. The van der Waals surface area contributed by atoms with E-state index in [1.165, 1.54) is 38.6 Å². The molecule has 3 heteroatoms. The average molecular weight is 272 g/mol. The van der Waals surface area contributed by atoms with Gasteiger partial charge in [0, 0.05) is 13.1 Å². The van der Waals surface area contributed by atoms with Gasteiger partial charge in [-0.3, -0.25) is 0 Å². The zero-order valence-electron chi connectivity index (χ0n) is 12.3. The predicted molar refractivity (Wildman–Crippen MR) is 80.7 cm³/mol. The minimum atomic E-state index is 0.673. The Morgan fingerprint density at radius 2 is 1.90 bits per heavy atom. The molecule has 0 bridgehead atoms. The second-order valence-corrected chi connectivity index (χ2v) is 5.75.